The number of rotatable bonds is 5. The van der Waals surface area contributed by atoms with Crippen molar-refractivity contribution in [2.45, 2.75) is 12.7 Å². The number of furan rings is 1. The smallest absolute Gasteiger partial charge is 0.258 e. The van der Waals surface area contributed by atoms with Gasteiger partial charge in [0.05, 0.1) is 32.6 Å². The molecule has 1 N–H and O–H groups in total. The summed E-state index contributed by atoms with van der Waals surface area (Å²) in [4.78, 5) is 15.0. The predicted octanol–water partition coefficient (Wildman–Crippen LogP) is 4.06. The summed E-state index contributed by atoms with van der Waals surface area (Å²) in [7, 11) is 3.19. The van der Waals surface area contributed by atoms with Gasteiger partial charge in [0.2, 0.25) is 0 Å². The van der Waals surface area contributed by atoms with E-state index in [1.54, 1.807) is 25.4 Å². The second-order valence-electron chi connectivity index (χ2n) is 6.19. The molecule has 138 valence electrons. The summed E-state index contributed by atoms with van der Waals surface area (Å²) in [5.41, 5.74) is 2.22. The molecule has 27 heavy (non-hydrogen) atoms. The van der Waals surface area contributed by atoms with Crippen molar-refractivity contribution >= 4 is 11.6 Å². The van der Waals surface area contributed by atoms with E-state index in [9.17, 15) is 4.79 Å². The molecule has 0 radical (unpaired) electrons. The van der Waals surface area contributed by atoms with E-state index in [4.69, 9.17) is 13.9 Å². The van der Waals surface area contributed by atoms with Crippen molar-refractivity contribution < 1.29 is 18.7 Å². The van der Waals surface area contributed by atoms with Crippen molar-refractivity contribution in [2.24, 2.45) is 0 Å². The zero-order valence-electron chi connectivity index (χ0n) is 15.1. The van der Waals surface area contributed by atoms with Crippen LogP contribution < -0.4 is 14.8 Å². The number of hydrogen-bond donors (Lipinski definition) is 1. The lowest BCUT2D eigenvalue weighted by atomic mass is 10.0. The highest BCUT2D eigenvalue weighted by Crippen LogP contribution is 2.41. The zero-order chi connectivity index (χ0) is 18.8. The van der Waals surface area contributed by atoms with E-state index in [-0.39, 0.29) is 5.91 Å². The van der Waals surface area contributed by atoms with Gasteiger partial charge in [0.15, 0.2) is 11.5 Å². The Kier molecular flexibility index (Phi) is 4.46. The number of nitrogens with one attached hydrogen (secondary N) is 1. The molecule has 3 aromatic rings. The van der Waals surface area contributed by atoms with Crippen molar-refractivity contribution in [1.82, 2.24) is 4.90 Å². The monoisotopic (exact) mass is 364 g/mol. The highest BCUT2D eigenvalue weighted by Gasteiger charge is 2.35. The first-order valence-corrected chi connectivity index (χ1v) is 8.62. The molecule has 2 heterocycles. The molecule has 6 nitrogen and oxygen atoms in total. The van der Waals surface area contributed by atoms with Gasteiger partial charge in [0.25, 0.3) is 5.91 Å². The van der Waals surface area contributed by atoms with E-state index in [0.717, 1.165) is 11.3 Å². The van der Waals surface area contributed by atoms with Crippen LogP contribution >= 0.6 is 0 Å². The number of carbonyl (C=O) groups excluding carboxylic acids is 1. The number of hydrogen-bond acceptors (Lipinski definition) is 5. The van der Waals surface area contributed by atoms with Gasteiger partial charge in [-0.15, -0.1) is 0 Å². The summed E-state index contributed by atoms with van der Waals surface area (Å²) in [6, 6.07) is 16.8. The summed E-state index contributed by atoms with van der Waals surface area (Å²) >= 11 is 0. The molecule has 0 saturated carbocycles. The molecule has 2 aromatic carbocycles. The van der Waals surface area contributed by atoms with E-state index in [1.807, 2.05) is 54.6 Å². The number of anilines is 1. The molecule has 1 aromatic heterocycles. The largest absolute Gasteiger partial charge is 0.493 e. The van der Waals surface area contributed by atoms with Crippen LogP contribution in [0.5, 0.6) is 11.5 Å². The molecule has 1 atom stereocenters. The van der Waals surface area contributed by atoms with Gasteiger partial charge in [-0.2, -0.15) is 0 Å². The summed E-state index contributed by atoms with van der Waals surface area (Å²) < 4.78 is 16.5. The minimum Gasteiger partial charge on any atom is -0.493 e. The van der Waals surface area contributed by atoms with Crippen molar-refractivity contribution in [3.05, 3.63) is 77.7 Å². The predicted molar refractivity (Wildman–Crippen MR) is 101 cm³/mol. The molecule has 6 heteroatoms. The Bertz CT molecular complexity index is 953. The first-order chi connectivity index (χ1) is 13.2. The van der Waals surface area contributed by atoms with Gasteiger partial charge in [0, 0.05) is 11.3 Å². The minimum atomic E-state index is -0.428. The lowest BCUT2D eigenvalue weighted by molar-refractivity contribution is 0.0649. The van der Waals surface area contributed by atoms with Gasteiger partial charge < -0.3 is 24.1 Å². The average Bonchev–Trinajstić information content (AvgIpc) is 3.22. The van der Waals surface area contributed by atoms with E-state index in [1.165, 1.54) is 0 Å². The lowest BCUT2D eigenvalue weighted by Gasteiger charge is -2.38. The Morgan fingerprint density at radius 3 is 2.63 bits per heavy atom. The molecule has 0 spiro atoms. The minimum absolute atomic E-state index is 0.0735. The van der Waals surface area contributed by atoms with Gasteiger partial charge in [0.1, 0.15) is 11.9 Å². The van der Waals surface area contributed by atoms with Crippen molar-refractivity contribution in [3.63, 3.8) is 0 Å². The maximum Gasteiger partial charge on any atom is 0.258 e. The number of nitrogens with zero attached hydrogens (tertiary/aromatic N) is 1. The standard InChI is InChI=1S/C21H20N2O4/c1-25-18-11-5-9-16(19(18)26-2)20-22-17-10-4-3-8-15(17)21(24)23(20)13-14-7-6-12-27-14/h3-12,20,22H,13H2,1-2H3/t20-/m0/s1. The van der Waals surface area contributed by atoms with Crippen LogP contribution in [0.1, 0.15) is 27.8 Å². The number of ether oxygens (including phenoxy) is 2. The number of fused-ring (bicyclic) bond motifs is 1. The normalized spacial score (nSPS) is 15.9. The van der Waals surface area contributed by atoms with Gasteiger partial charge in [-0.25, -0.2) is 0 Å². The molecule has 1 amide bonds. The lowest BCUT2D eigenvalue weighted by Crippen LogP contribution is -2.42. The molecule has 0 unspecified atom stereocenters. The third-order valence-corrected chi connectivity index (χ3v) is 4.66. The van der Waals surface area contributed by atoms with E-state index < -0.39 is 6.17 Å². The molecule has 0 aliphatic carbocycles. The first-order valence-electron chi connectivity index (χ1n) is 8.62. The number of benzene rings is 2. The second kappa shape index (κ2) is 7.07. The van der Waals surface area contributed by atoms with Crippen molar-refractivity contribution in [2.75, 3.05) is 19.5 Å². The highest BCUT2D eigenvalue weighted by atomic mass is 16.5. The summed E-state index contributed by atoms with van der Waals surface area (Å²) in [5, 5.41) is 3.46. The van der Waals surface area contributed by atoms with Crippen LogP contribution in [0.15, 0.2) is 65.3 Å². The fourth-order valence-electron chi connectivity index (χ4n) is 3.40. The first kappa shape index (κ1) is 17.0. The molecule has 0 fully saturated rings. The Balaban J connectivity index is 1.82. The Morgan fingerprint density at radius 1 is 1.04 bits per heavy atom. The second-order valence-corrected chi connectivity index (χ2v) is 6.19. The van der Waals surface area contributed by atoms with Crippen LogP contribution in [0.25, 0.3) is 0 Å². The number of methoxy groups -OCH3 is 2. The Hall–Kier alpha value is -3.41. The van der Waals surface area contributed by atoms with Crippen LogP contribution in [0.3, 0.4) is 0 Å². The van der Waals surface area contributed by atoms with Gasteiger partial charge in [-0.3, -0.25) is 4.79 Å². The fraction of sp³-hybridized carbons (Fsp3) is 0.190. The molecule has 0 bridgehead atoms. The van der Waals surface area contributed by atoms with Crippen molar-refractivity contribution in [1.29, 1.82) is 0 Å². The summed E-state index contributed by atoms with van der Waals surface area (Å²) in [5.74, 6) is 1.84. The zero-order valence-corrected chi connectivity index (χ0v) is 15.1. The Morgan fingerprint density at radius 2 is 1.89 bits per heavy atom. The third kappa shape index (κ3) is 2.99. The fourth-order valence-corrected chi connectivity index (χ4v) is 3.40. The molecule has 0 saturated heterocycles. The van der Waals surface area contributed by atoms with Crippen LogP contribution in [0.4, 0.5) is 5.69 Å². The third-order valence-electron chi connectivity index (χ3n) is 4.66. The van der Waals surface area contributed by atoms with Gasteiger partial charge in [-0.1, -0.05) is 24.3 Å². The van der Waals surface area contributed by atoms with Crippen LogP contribution in [-0.2, 0) is 6.54 Å². The Labute approximate surface area is 157 Å². The molecule has 1 aliphatic heterocycles. The van der Waals surface area contributed by atoms with E-state index >= 15 is 0 Å². The number of amides is 1. The quantitative estimate of drug-likeness (QED) is 0.740. The van der Waals surface area contributed by atoms with E-state index in [0.29, 0.717) is 29.4 Å². The summed E-state index contributed by atoms with van der Waals surface area (Å²) in [6.07, 6.45) is 1.18. The summed E-state index contributed by atoms with van der Waals surface area (Å²) in [6.45, 7) is 0.332. The maximum atomic E-state index is 13.3. The van der Waals surface area contributed by atoms with Gasteiger partial charge >= 0.3 is 0 Å². The van der Waals surface area contributed by atoms with Crippen LogP contribution in [0.2, 0.25) is 0 Å². The maximum absolute atomic E-state index is 13.3. The van der Waals surface area contributed by atoms with Crippen LogP contribution in [-0.4, -0.2) is 25.0 Å². The topological polar surface area (TPSA) is 63.9 Å². The number of carbonyl (C=O) groups is 1. The molecule has 1 aliphatic rings. The molecular weight excluding hydrogens is 344 g/mol. The van der Waals surface area contributed by atoms with E-state index in [2.05, 4.69) is 5.32 Å². The van der Waals surface area contributed by atoms with Crippen molar-refractivity contribution in [3.8, 4) is 11.5 Å². The molecule has 4 rings (SSSR count). The van der Waals surface area contributed by atoms with Gasteiger partial charge in [-0.05, 0) is 30.3 Å². The molecular formula is C21H20N2O4. The average molecular weight is 364 g/mol. The van der Waals surface area contributed by atoms with Crippen LogP contribution in [0, 0.1) is 0 Å². The number of para-hydroxylation sites is 2. The highest BCUT2D eigenvalue weighted by molar-refractivity contribution is 6.01. The SMILES string of the molecule is COc1cccc([C@H]2Nc3ccccc3C(=O)N2Cc2ccco2)c1OC.